The molecule has 0 saturated heterocycles. The van der Waals surface area contributed by atoms with Gasteiger partial charge in [-0.1, -0.05) is 36.4 Å². The summed E-state index contributed by atoms with van der Waals surface area (Å²) in [7, 11) is 1.42. The van der Waals surface area contributed by atoms with Gasteiger partial charge >= 0.3 is 6.61 Å². The molecule has 2 N–H and O–H groups in total. The second-order valence-corrected chi connectivity index (χ2v) is 7.13. The van der Waals surface area contributed by atoms with Crippen LogP contribution in [0.2, 0.25) is 0 Å². The van der Waals surface area contributed by atoms with Gasteiger partial charge in [-0.15, -0.1) is 0 Å². The molecule has 2 aromatic carbocycles. The molecule has 0 aromatic heterocycles. The Hall–Kier alpha value is -2.18. The van der Waals surface area contributed by atoms with Crippen molar-refractivity contribution in [3.63, 3.8) is 0 Å². The third kappa shape index (κ3) is 6.81. The highest BCUT2D eigenvalue weighted by molar-refractivity contribution is 5.43. The van der Waals surface area contributed by atoms with Crippen LogP contribution >= 0.6 is 0 Å². The van der Waals surface area contributed by atoms with E-state index in [1.807, 2.05) is 24.3 Å². The molecule has 27 heavy (non-hydrogen) atoms. The first-order valence-corrected chi connectivity index (χ1v) is 8.96. The lowest BCUT2D eigenvalue weighted by atomic mass is 10.0. The first-order valence-electron chi connectivity index (χ1n) is 8.96. The molecule has 2 rings (SSSR count). The Bertz CT molecular complexity index is 709. The topological polar surface area (TPSA) is 42.5 Å². The Morgan fingerprint density at radius 2 is 1.74 bits per heavy atom. The van der Waals surface area contributed by atoms with Crippen LogP contribution in [0.15, 0.2) is 48.5 Å². The minimum Gasteiger partial charge on any atom is -0.493 e. The van der Waals surface area contributed by atoms with Crippen molar-refractivity contribution in [1.29, 1.82) is 0 Å². The molecule has 0 fully saturated rings. The SMILES string of the molecule is COc1ccc(CNCC(C)(C)NC(C)c2ccccc2)cc1OC(F)F. The second kappa shape index (κ2) is 9.67. The van der Waals surface area contributed by atoms with E-state index in [4.69, 9.17) is 4.74 Å². The zero-order valence-electron chi connectivity index (χ0n) is 16.3. The standard InChI is InChI=1S/C21H28F2N2O2/c1-15(17-8-6-5-7-9-17)25-21(2,3)14-24-13-16-10-11-18(26-4)19(12-16)27-20(22)23/h5-12,15,20,24-25H,13-14H2,1-4H3. The number of benzene rings is 2. The van der Waals surface area contributed by atoms with Crippen LogP contribution in [-0.2, 0) is 6.54 Å². The lowest BCUT2D eigenvalue weighted by Gasteiger charge is -2.31. The van der Waals surface area contributed by atoms with Gasteiger partial charge in [0.05, 0.1) is 7.11 Å². The fourth-order valence-corrected chi connectivity index (χ4v) is 3.00. The second-order valence-electron chi connectivity index (χ2n) is 7.13. The number of hydrogen-bond acceptors (Lipinski definition) is 4. The van der Waals surface area contributed by atoms with Crippen molar-refractivity contribution in [2.75, 3.05) is 13.7 Å². The predicted octanol–water partition coefficient (Wildman–Crippen LogP) is 4.52. The van der Waals surface area contributed by atoms with E-state index in [-0.39, 0.29) is 23.1 Å². The smallest absolute Gasteiger partial charge is 0.387 e. The molecule has 0 bridgehead atoms. The lowest BCUT2D eigenvalue weighted by molar-refractivity contribution is -0.0512. The van der Waals surface area contributed by atoms with Gasteiger partial charge in [0, 0.05) is 24.7 Å². The molecule has 4 nitrogen and oxygen atoms in total. The highest BCUT2D eigenvalue weighted by Gasteiger charge is 2.20. The average molecular weight is 378 g/mol. The summed E-state index contributed by atoms with van der Waals surface area (Å²) < 4.78 is 34.7. The molecule has 0 amide bonds. The molecule has 0 heterocycles. The Labute approximate surface area is 159 Å². The van der Waals surface area contributed by atoms with Crippen LogP contribution in [0.3, 0.4) is 0 Å². The van der Waals surface area contributed by atoms with E-state index >= 15 is 0 Å². The van der Waals surface area contributed by atoms with E-state index in [0.717, 1.165) is 5.56 Å². The van der Waals surface area contributed by atoms with Gasteiger partial charge in [0.1, 0.15) is 0 Å². The van der Waals surface area contributed by atoms with E-state index in [0.29, 0.717) is 13.1 Å². The monoisotopic (exact) mass is 378 g/mol. The maximum absolute atomic E-state index is 12.5. The Morgan fingerprint density at radius 3 is 2.37 bits per heavy atom. The maximum atomic E-state index is 12.5. The van der Waals surface area contributed by atoms with E-state index in [1.165, 1.54) is 12.7 Å². The number of halogens is 2. The first-order chi connectivity index (χ1) is 12.8. The molecule has 2 aromatic rings. The molecule has 1 atom stereocenters. The van der Waals surface area contributed by atoms with Gasteiger partial charge in [0.15, 0.2) is 11.5 Å². The molecular weight excluding hydrogens is 350 g/mol. The van der Waals surface area contributed by atoms with Gasteiger partial charge in [-0.05, 0) is 44.0 Å². The molecule has 0 aliphatic carbocycles. The summed E-state index contributed by atoms with van der Waals surface area (Å²) in [6.45, 7) is 4.74. The van der Waals surface area contributed by atoms with E-state index in [1.54, 1.807) is 12.1 Å². The minimum atomic E-state index is -2.88. The van der Waals surface area contributed by atoms with Crippen molar-refractivity contribution in [2.45, 2.75) is 45.5 Å². The normalized spacial score (nSPS) is 12.9. The summed E-state index contributed by atoms with van der Waals surface area (Å²) in [6.07, 6.45) is 0. The van der Waals surface area contributed by atoms with Gasteiger partial charge in [-0.3, -0.25) is 0 Å². The molecule has 6 heteroatoms. The molecule has 0 spiro atoms. The number of nitrogens with one attached hydrogen (secondary N) is 2. The first kappa shape index (κ1) is 21.1. The summed E-state index contributed by atoms with van der Waals surface area (Å²) in [5.74, 6) is 0.333. The van der Waals surface area contributed by atoms with Crippen LogP contribution < -0.4 is 20.1 Å². The highest BCUT2D eigenvalue weighted by Crippen LogP contribution is 2.29. The van der Waals surface area contributed by atoms with E-state index in [2.05, 4.69) is 48.3 Å². The van der Waals surface area contributed by atoms with Crippen LogP contribution in [0.25, 0.3) is 0 Å². The van der Waals surface area contributed by atoms with Crippen LogP contribution in [0.5, 0.6) is 11.5 Å². The zero-order chi connectivity index (χ0) is 19.9. The Kier molecular flexibility index (Phi) is 7.56. The predicted molar refractivity (Wildman–Crippen MR) is 103 cm³/mol. The third-order valence-electron chi connectivity index (χ3n) is 4.25. The third-order valence-corrected chi connectivity index (χ3v) is 4.25. The summed E-state index contributed by atoms with van der Waals surface area (Å²) in [6, 6.07) is 15.5. The molecular formula is C21H28F2N2O2. The van der Waals surface area contributed by atoms with Gasteiger partial charge < -0.3 is 20.1 Å². The van der Waals surface area contributed by atoms with Gasteiger partial charge in [-0.25, -0.2) is 0 Å². The van der Waals surface area contributed by atoms with Crippen molar-refractivity contribution in [1.82, 2.24) is 10.6 Å². The summed E-state index contributed by atoms with van der Waals surface area (Å²) in [5, 5.41) is 6.98. The van der Waals surface area contributed by atoms with Gasteiger partial charge in [0.2, 0.25) is 0 Å². The molecule has 0 aliphatic heterocycles. The van der Waals surface area contributed by atoms with Crippen molar-refractivity contribution in [2.24, 2.45) is 0 Å². The van der Waals surface area contributed by atoms with Crippen molar-refractivity contribution < 1.29 is 18.3 Å². The maximum Gasteiger partial charge on any atom is 0.387 e. The molecule has 0 aliphatic rings. The zero-order valence-corrected chi connectivity index (χ0v) is 16.3. The van der Waals surface area contributed by atoms with Crippen molar-refractivity contribution in [3.8, 4) is 11.5 Å². The van der Waals surface area contributed by atoms with Crippen molar-refractivity contribution >= 4 is 0 Å². The van der Waals surface area contributed by atoms with E-state index in [9.17, 15) is 8.78 Å². The summed E-state index contributed by atoms with van der Waals surface area (Å²) >= 11 is 0. The fourth-order valence-electron chi connectivity index (χ4n) is 3.00. The van der Waals surface area contributed by atoms with Crippen LogP contribution in [0.4, 0.5) is 8.78 Å². The minimum absolute atomic E-state index is 0.0434. The van der Waals surface area contributed by atoms with E-state index < -0.39 is 6.61 Å². The summed E-state index contributed by atoms with van der Waals surface area (Å²) in [5.41, 5.74) is 1.93. The van der Waals surface area contributed by atoms with Gasteiger partial charge in [-0.2, -0.15) is 8.78 Å². The van der Waals surface area contributed by atoms with Crippen LogP contribution in [0, 0.1) is 0 Å². The number of hydrogen-bond donors (Lipinski definition) is 2. The van der Waals surface area contributed by atoms with Crippen LogP contribution in [0.1, 0.15) is 37.9 Å². The number of alkyl halides is 2. The summed E-state index contributed by atoms with van der Waals surface area (Å²) in [4.78, 5) is 0. The Balaban J connectivity index is 1.90. The quantitative estimate of drug-likeness (QED) is 0.638. The molecule has 1 unspecified atom stereocenters. The highest BCUT2D eigenvalue weighted by atomic mass is 19.3. The molecule has 0 saturated carbocycles. The lowest BCUT2D eigenvalue weighted by Crippen LogP contribution is -2.48. The number of ether oxygens (including phenoxy) is 2. The average Bonchev–Trinajstić information content (AvgIpc) is 2.61. The molecule has 0 radical (unpaired) electrons. The fraction of sp³-hybridized carbons (Fsp3) is 0.429. The number of methoxy groups -OCH3 is 1. The van der Waals surface area contributed by atoms with Gasteiger partial charge in [0.25, 0.3) is 0 Å². The largest absolute Gasteiger partial charge is 0.493 e. The Morgan fingerprint density at radius 1 is 1.04 bits per heavy atom. The van der Waals surface area contributed by atoms with Crippen molar-refractivity contribution in [3.05, 3.63) is 59.7 Å². The number of rotatable bonds is 10. The van der Waals surface area contributed by atoms with Crippen LogP contribution in [-0.4, -0.2) is 25.8 Å². The molecule has 148 valence electrons.